The number of carbonyl (C=O) groups is 1. The van der Waals surface area contributed by atoms with Crippen molar-refractivity contribution in [2.24, 2.45) is 10.4 Å². The summed E-state index contributed by atoms with van der Waals surface area (Å²) in [6.45, 7) is 9.71. The molecular weight excluding hydrogens is 519 g/mol. The number of nitrogens with zero attached hydrogens (tertiary/aromatic N) is 5. The summed E-state index contributed by atoms with van der Waals surface area (Å²) in [4.78, 5) is 29.7. The smallest absolute Gasteiger partial charge is 0.355 e. The Balaban J connectivity index is 1.05. The van der Waals surface area contributed by atoms with E-state index in [1.165, 1.54) is 5.57 Å². The van der Waals surface area contributed by atoms with Gasteiger partial charge in [-0.2, -0.15) is 13.2 Å². The second-order valence-corrected chi connectivity index (χ2v) is 12.4. The maximum atomic E-state index is 13.5. The predicted molar refractivity (Wildman–Crippen MR) is 149 cm³/mol. The highest BCUT2D eigenvalue weighted by molar-refractivity contribution is 5.87. The first-order valence-corrected chi connectivity index (χ1v) is 14.3. The van der Waals surface area contributed by atoms with E-state index in [1.807, 2.05) is 38.1 Å². The van der Waals surface area contributed by atoms with E-state index in [9.17, 15) is 18.0 Å². The summed E-state index contributed by atoms with van der Waals surface area (Å²) in [5.74, 6) is 0.604. The zero-order valence-electron chi connectivity index (χ0n) is 23.6. The number of aromatic nitrogens is 2. The van der Waals surface area contributed by atoms with E-state index in [-0.39, 0.29) is 29.2 Å². The minimum Gasteiger partial charge on any atom is -0.355 e. The highest BCUT2D eigenvalue weighted by Gasteiger charge is 2.50. The van der Waals surface area contributed by atoms with Crippen molar-refractivity contribution in [3.05, 3.63) is 41.5 Å². The van der Waals surface area contributed by atoms with Gasteiger partial charge in [0.2, 0.25) is 5.91 Å². The fourth-order valence-corrected chi connectivity index (χ4v) is 6.18. The van der Waals surface area contributed by atoms with Gasteiger partial charge in [0.1, 0.15) is 17.3 Å². The molecular formula is C29H40F3N7O. The molecule has 0 saturated carbocycles. The Bertz CT molecular complexity index is 1150. The Morgan fingerprint density at radius 1 is 1.15 bits per heavy atom. The molecule has 218 valence electrons. The van der Waals surface area contributed by atoms with Crippen LogP contribution in [0, 0.1) is 5.41 Å². The molecule has 0 radical (unpaired) electrons. The van der Waals surface area contributed by atoms with Crippen LogP contribution in [-0.4, -0.2) is 78.3 Å². The molecule has 0 aromatic carbocycles. The van der Waals surface area contributed by atoms with Crippen molar-refractivity contribution in [3.63, 3.8) is 0 Å². The lowest BCUT2D eigenvalue weighted by molar-refractivity contribution is -0.141. The molecule has 0 bridgehead atoms. The molecule has 1 aliphatic carbocycles. The Morgan fingerprint density at radius 3 is 2.65 bits per heavy atom. The number of carbonyl (C=O) groups excluding carboxylic acids is 1. The van der Waals surface area contributed by atoms with E-state index in [0.29, 0.717) is 25.5 Å². The van der Waals surface area contributed by atoms with Crippen molar-refractivity contribution in [2.75, 3.05) is 44.2 Å². The molecule has 8 nitrogen and oxygen atoms in total. The first-order chi connectivity index (χ1) is 19.0. The van der Waals surface area contributed by atoms with E-state index < -0.39 is 17.3 Å². The Labute approximate surface area is 234 Å². The molecule has 2 saturated heterocycles. The molecule has 4 heterocycles. The highest BCUT2D eigenvalue weighted by atomic mass is 19.4. The van der Waals surface area contributed by atoms with Crippen LogP contribution < -0.4 is 15.5 Å². The van der Waals surface area contributed by atoms with Crippen LogP contribution in [0.3, 0.4) is 0 Å². The van der Waals surface area contributed by atoms with Crippen molar-refractivity contribution in [1.82, 2.24) is 25.5 Å². The third kappa shape index (κ3) is 6.10. The molecule has 3 aliphatic heterocycles. The average molecular weight is 560 g/mol. The zero-order chi connectivity index (χ0) is 28.5. The zero-order valence-corrected chi connectivity index (χ0v) is 23.6. The monoisotopic (exact) mass is 559 g/mol. The van der Waals surface area contributed by atoms with Crippen molar-refractivity contribution in [3.8, 4) is 0 Å². The van der Waals surface area contributed by atoms with Crippen LogP contribution in [0.25, 0.3) is 0 Å². The third-order valence-electron chi connectivity index (χ3n) is 8.48. The number of rotatable bonds is 7. The maximum absolute atomic E-state index is 13.5. The molecule has 1 aromatic heterocycles. The fourth-order valence-electron chi connectivity index (χ4n) is 6.18. The minimum absolute atomic E-state index is 0.0605. The van der Waals surface area contributed by atoms with Gasteiger partial charge in [-0.1, -0.05) is 32.9 Å². The van der Waals surface area contributed by atoms with E-state index >= 15 is 0 Å². The van der Waals surface area contributed by atoms with Crippen molar-refractivity contribution in [1.29, 1.82) is 0 Å². The second kappa shape index (κ2) is 11.2. The molecule has 2 N–H and O–H groups in total. The molecule has 40 heavy (non-hydrogen) atoms. The fraction of sp³-hybridized carbons (Fsp3) is 0.655. The normalized spacial score (nSPS) is 26.9. The number of alkyl halides is 3. The third-order valence-corrected chi connectivity index (χ3v) is 8.48. The van der Waals surface area contributed by atoms with Crippen LogP contribution in [-0.2, 0) is 16.4 Å². The predicted octanol–water partition coefficient (Wildman–Crippen LogP) is 3.85. The number of hydrogen-bond acceptors (Lipinski definition) is 7. The topological polar surface area (TPSA) is 85.8 Å². The van der Waals surface area contributed by atoms with E-state index in [4.69, 9.17) is 0 Å². The van der Waals surface area contributed by atoms with Crippen LogP contribution in [0.15, 0.2) is 35.0 Å². The first-order valence-electron chi connectivity index (χ1n) is 14.3. The number of aliphatic imine (C=N–C) groups is 1. The summed E-state index contributed by atoms with van der Waals surface area (Å²) in [7, 11) is 0. The lowest BCUT2D eigenvalue weighted by Gasteiger charge is -2.37. The molecule has 3 atom stereocenters. The van der Waals surface area contributed by atoms with Gasteiger partial charge in [-0.3, -0.25) is 14.7 Å². The molecule has 5 rings (SSSR count). The highest BCUT2D eigenvalue weighted by Crippen LogP contribution is 2.47. The lowest BCUT2D eigenvalue weighted by atomic mass is 9.68. The van der Waals surface area contributed by atoms with Crippen molar-refractivity contribution in [2.45, 2.75) is 76.6 Å². The summed E-state index contributed by atoms with van der Waals surface area (Å²) in [5.41, 5.74) is -0.359. The van der Waals surface area contributed by atoms with Crippen LogP contribution in [0.1, 0.15) is 64.4 Å². The van der Waals surface area contributed by atoms with Gasteiger partial charge in [0.15, 0.2) is 0 Å². The summed E-state index contributed by atoms with van der Waals surface area (Å²) < 4.78 is 40.5. The molecule has 1 spiro atoms. The van der Waals surface area contributed by atoms with Crippen molar-refractivity contribution < 1.29 is 18.0 Å². The minimum atomic E-state index is -4.51. The Morgan fingerprint density at radius 2 is 1.93 bits per heavy atom. The van der Waals surface area contributed by atoms with Gasteiger partial charge >= 0.3 is 6.18 Å². The largest absolute Gasteiger partial charge is 0.433 e. The summed E-state index contributed by atoms with van der Waals surface area (Å²) in [6.07, 6.45) is 8.29. The summed E-state index contributed by atoms with van der Waals surface area (Å²) >= 11 is 0. The van der Waals surface area contributed by atoms with Crippen molar-refractivity contribution >= 4 is 17.9 Å². The summed E-state index contributed by atoms with van der Waals surface area (Å²) in [5, 5.41) is 6.68. The second-order valence-electron chi connectivity index (χ2n) is 12.4. The van der Waals surface area contributed by atoms with Gasteiger partial charge in [-0.15, -0.1) is 0 Å². The van der Waals surface area contributed by atoms with Gasteiger partial charge < -0.3 is 15.5 Å². The van der Waals surface area contributed by atoms with Gasteiger partial charge in [0.05, 0.1) is 6.04 Å². The molecule has 2 fully saturated rings. The van der Waals surface area contributed by atoms with Crippen LogP contribution in [0.5, 0.6) is 0 Å². The van der Waals surface area contributed by atoms with E-state index in [0.717, 1.165) is 57.8 Å². The quantitative estimate of drug-likeness (QED) is 0.494. The van der Waals surface area contributed by atoms with Crippen LogP contribution in [0.2, 0.25) is 0 Å². The number of halogens is 3. The summed E-state index contributed by atoms with van der Waals surface area (Å²) in [6, 6.07) is 1.14. The Kier molecular flexibility index (Phi) is 8.07. The lowest BCUT2D eigenvalue weighted by Crippen LogP contribution is -2.47. The van der Waals surface area contributed by atoms with Gasteiger partial charge in [0.25, 0.3) is 0 Å². The van der Waals surface area contributed by atoms with E-state index in [1.54, 1.807) is 0 Å². The molecule has 1 aromatic rings. The molecule has 4 aliphatic rings. The number of unbranched alkanes of at least 4 members (excludes halogenated alkanes) is 1. The van der Waals surface area contributed by atoms with Crippen LogP contribution in [0.4, 0.5) is 19.0 Å². The standard InChI is InChI=1S/C29H40F3N7O/c1-27(2,3)26-36-23(29(30,31)32)17-24(37-26)39-15-13-38(14-16-39)12-5-4-10-34-25(40)21-18-28-9-11-33-19-20(28)7-6-8-22(28)35-21/h7,9,11,17,19,21-22,35H,4-6,8,10,12-16,18H2,1-3H3,(H,34,40). The maximum Gasteiger partial charge on any atom is 0.433 e. The molecule has 11 heteroatoms. The number of nitrogens with one attached hydrogen (secondary N) is 2. The number of anilines is 1. The Hall–Kier alpha value is -2.79. The first kappa shape index (κ1) is 28.7. The van der Waals surface area contributed by atoms with Gasteiger partial charge in [-0.05, 0) is 44.2 Å². The van der Waals surface area contributed by atoms with Gasteiger partial charge in [-0.25, -0.2) is 9.97 Å². The average Bonchev–Trinajstić information content (AvgIpc) is 3.30. The number of amides is 1. The molecule has 1 amide bonds. The SMILES string of the molecule is CC(C)(C)c1nc(N2CCN(CCCCNC(=O)C3CC45C=CN=CC4=CCCC5N3)CC2)cc(C(F)(F)F)n1. The molecule has 3 unspecified atom stereocenters. The number of hydrogen-bond donors (Lipinski definition) is 2. The number of allylic oxidation sites excluding steroid dienone is 1. The van der Waals surface area contributed by atoms with Gasteiger partial charge in [0, 0.05) is 68.1 Å². The number of piperazine rings is 1. The van der Waals surface area contributed by atoms with E-state index in [2.05, 4.69) is 42.6 Å². The van der Waals surface area contributed by atoms with Crippen LogP contribution >= 0.6 is 0 Å².